The zero-order valence-electron chi connectivity index (χ0n) is 11.3. The minimum absolute atomic E-state index is 0.105. The van der Waals surface area contributed by atoms with E-state index in [1.807, 2.05) is 24.3 Å². The third kappa shape index (κ3) is 2.98. The predicted octanol–water partition coefficient (Wildman–Crippen LogP) is 3.13. The first kappa shape index (κ1) is 14.6. The van der Waals surface area contributed by atoms with Gasteiger partial charge in [0.2, 0.25) is 0 Å². The van der Waals surface area contributed by atoms with Gasteiger partial charge in [-0.2, -0.15) is 13.5 Å². The average Bonchev–Trinajstić information content (AvgIpc) is 2.91. The number of fused-ring (bicyclic) bond motifs is 1. The van der Waals surface area contributed by atoms with E-state index >= 15 is 0 Å². The van der Waals surface area contributed by atoms with Gasteiger partial charge in [-0.3, -0.25) is 0 Å². The van der Waals surface area contributed by atoms with Crippen LogP contribution in [0.2, 0.25) is 5.02 Å². The van der Waals surface area contributed by atoms with Gasteiger partial charge in [0.1, 0.15) is 0 Å². The molecule has 1 heterocycles. The molecule has 1 aromatic heterocycles. The van der Waals surface area contributed by atoms with Crippen LogP contribution >= 0.6 is 11.6 Å². The van der Waals surface area contributed by atoms with Crippen LogP contribution in [0.1, 0.15) is 5.56 Å². The molecule has 0 atom stereocenters. The summed E-state index contributed by atoms with van der Waals surface area (Å²) in [5.74, 6) is 0. The van der Waals surface area contributed by atoms with Gasteiger partial charge in [-0.1, -0.05) is 29.8 Å². The summed E-state index contributed by atoms with van der Waals surface area (Å²) < 4.78 is 24.1. The van der Waals surface area contributed by atoms with Gasteiger partial charge in [0.05, 0.1) is 11.1 Å². The van der Waals surface area contributed by atoms with Crippen molar-refractivity contribution in [2.24, 2.45) is 5.10 Å². The zero-order valence-corrected chi connectivity index (χ0v) is 12.9. The second-order valence-corrected chi connectivity index (χ2v) is 6.69. The monoisotopic (exact) mass is 333 g/mol. The van der Waals surface area contributed by atoms with Crippen LogP contribution in [-0.4, -0.2) is 19.6 Å². The number of benzene rings is 2. The van der Waals surface area contributed by atoms with E-state index in [1.54, 1.807) is 6.20 Å². The van der Waals surface area contributed by atoms with E-state index in [1.165, 1.54) is 30.5 Å². The van der Waals surface area contributed by atoms with Crippen molar-refractivity contribution >= 4 is 38.7 Å². The molecule has 2 aromatic carbocycles. The fraction of sp³-hybridized carbons (Fsp3) is 0. The Balaban J connectivity index is 1.80. The van der Waals surface area contributed by atoms with Gasteiger partial charge in [0, 0.05) is 27.7 Å². The van der Waals surface area contributed by atoms with E-state index in [9.17, 15) is 8.42 Å². The van der Waals surface area contributed by atoms with Crippen molar-refractivity contribution in [1.82, 2.24) is 9.82 Å². The Morgan fingerprint density at radius 2 is 1.82 bits per heavy atom. The quantitative estimate of drug-likeness (QED) is 0.568. The van der Waals surface area contributed by atoms with Crippen LogP contribution < -0.4 is 4.83 Å². The maximum Gasteiger partial charge on any atom is 0.276 e. The minimum atomic E-state index is -3.70. The molecule has 3 aromatic rings. The molecular formula is C15H12ClN3O2S. The number of H-pyrrole nitrogens is 1. The summed E-state index contributed by atoms with van der Waals surface area (Å²) in [7, 11) is -3.70. The van der Waals surface area contributed by atoms with Crippen LogP contribution in [0, 0.1) is 0 Å². The topological polar surface area (TPSA) is 74.3 Å². The molecule has 0 aliphatic rings. The average molecular weight is 334 g/mol. The standard InChI is InChI=1S/C15H12ClN3O2S/c16-12-5-7-13(8-6-12)22(20,21)19-18-10-11-9-17-15-4-2-1-3-14(11)15/h1-10,17,19H. The Bertz CT molecular complexity index is 931. The predicted molar refractivity (Wildman–Crippen MR) is 87.7 cm³/mol. The fourth-order valence-electron chi connectivity index (χ4n) is 2.03. The number of aromatic amines is 1. The molecule has 22 heavy (non-hydrogen) atoms. The first-order valence-electron chi connectivity index (χ1n) is 6.43. The first-order valence-corrected chi connectivity index (χ1v) is 8.29. The Kier molecular flexibility index (Phi) is 3.87. The third-order valence-corrected chi connectivity index (χ3v) is 4.61. The molecule has 3 rings (SSSR count). The Morgan fingerprint density at radius 1 is 1.09 bits per heavy atom. The lowest BCUT2D eigenvalue weighted by Gasteiger charge is -2.02. The van der Waals surface area contributed by atoms with E-state index in [-0.39, 0.29) is 4.90 Å². The Hall–Kier alpha value is -2.31. The van der Waals surface area contributed by atoms with Crippen LogP contribution in [0.3, 0.4) is 0 Å². The number of sulfonamides is 1. The molecule has 0 amide bonds. The highest BCUT2D eigenvalue weighted by atomic mass is 35.5. The van der Waals surface area contributed by atoms with Gasteiger partial charge >= 0.3 is 0 Å². The van der Waals surface area contributed by atoms with Crippen molar-refractivity contribution in [1.29, 1.82) is 0 Å². The minimum Gasteiger partial charge on any atom is -0.361 e. The normalized spacial score (nSPS) is 12.0. The number of halogens is 1. The van der Waals surface area contributed by atoms with E-state index < -0.39 is 10.0 Å². The number of nitrogens with one attached hydrogen (secondary N) is 2. The molecule has 0 aliphatic heterocycles. The van der Waals surface area contributed by atoms with Crippen LogP contribution in [0.15, 0.2) is 64.7 Å². The zero-order chi connectivity index (χ0) is 15.6. The summed E-state index contributed by atoms with van der Waals surface area (Å²) in [4.78, 5) is 5.38. The van der Waals surface area contributed by atoms with Gasteiger partial charge in [-0.25, -0.2) is 4.83 Å². The van der Waals surface area contributed by atoms with E-state index in [4.69, 9.17) is 11.6 Å². The largest absolute Gasteiger partial charge is 0.361 e. The van der Waals surface area contributed by atoms with Crippen molar-refractivity contribution in [2.75, 3.05) is 0 Å². The second-order valence-electron chi connectivity index (χ2n) is 4.60. The number of para-hydroxylation sites is 1. The maximum absolute atomic E-state index is 12.1. The molecule has 2 N–H and O–H groups in total. The smallest absolute Gasteiger partial charge is 0.276 e. The van der Waals surface area contributed by atoms with Crippen molar-refractivity contribution in [3.05, 3.63) is 65.3 Å². The number of hydrazone groups is 1. The van der Waals surface area contributed by atoms with Crippen LogP contribution in [-0.2, 0) is 10.0 Å². The SMILES string of the molecule is O=S(=O)(NN=Cc1c[nH]c2ccccc12)c1ccc(Cl)cc1. The third-order valence-electron chi connectivity index (χ3n) is 3.12. The van der Waals surface area contributed by atoms with Gasteiger partial charge in [0.15, 0.2) is 0 Å². The summed E-state index contributed by atoms with van der Waals surface area (Å²) in [6, 6.07) is 13.6. The molecule has 0 unspecified atom stereocenters. The summed E-state index contributed by atoms with van der Waals surface area (Å²) >= 11 is 5.74. The number of hydrogen-bond donors (Lipinski definition) is 2. The summed E-state index contributed by atoms with van der Waals surface area (Å²) in [6.45, 7) is 0. The summed E-state index contributed by atoms with van der Waals surface area (Å²) in [6.07, 6.45) is 3.23. The highest BCUT2D eigenvalue weighted by Crippen LogP contribution is 2.16. The molecule has 5 nitrogen and oxygen atoms in total. The van der Waals surface area contributed by atoms with Gasteiger partial charge in [-0.05, 0) is 30.3 Å². The summed E-state index contributed by atoms with van der Waals surface area (Å²) in [5, 5.41) is 5.26. The molecule has 0 fully saturated rings. The number of aromatic nitrogens is 1. The van der Waals surface area contributed by atoms with Gasteiger partial charge in [0.25, 0.3) is 10.0 Å². The van der Waals surface area contributed by atoms with Crippen LogP contribution in [0.5, 0.6) is 0 Å². The molecule has 7 heteroatoms. The molecule has 0 spiro atoms. The van der Waals surface area contributed by atoms with Crippen LogP contribution in [0.4, 0.5) is 0 Å². The first-order chi connectivity index (χ1) is 10.6. The highest BCUT2D eigenvalue weighted by Gasteiger charge is 2.12. The fourth-order valence-corrected chi connectivity index (χ4v) is 2.95. The van der Waals surface area contributed by atoms with Crippen molar-refractivity contribution in [2.45, 2.75) is 4.90 Å². The Labute approximate surface area is 132 Å². The number of nitrogens with zero attached hydrogens (tertiary/aromatic N) is 1. The lowest BCUT2D eigenvalue weighted by atomic mass is 10.2. The Morgan fingerprint density at radius 3 is 2.59 bits per heavy atom. The molecule has 0 saturated heterocycles. The van der Waals surface area contributed by atoms with E-state index in [0.29, 0.717) is 5.02 Å². The van der Waals surface area contributed by atoms with Gasteiger partial charge in [-0.15, -0.1) is 0 Å². The molecule has 0 saturated carbocycles. The number of rotatable bonds is 4. The second kappa shape index (κ2) is 5.82. The van der Waals surface area contributed by atoms with Crippen LogP contribution in [0.25, 0.3) is 10.9 Å². The molecule has 112 valence electrons. The van der Waals surface area contributed by atoms with Crippen molar-refractivity contribution in [3.8, 4) is 0 Å². The lowest BCUT2D eigenvalue weighted by Crippen LogP contribution is -2.18. The van der Waals surface area contributed by atoms with E-state index in [0.717, 1.165) is 16.5 Å². The molecule has 0 bridgehead atoms. The van der Waals surface area contributed by atoms with Crippen molar-refractivity contribution in [3.63, 3.8) is 0 Å². The van der Waals surface area contributed by atoms with E-state index in [2.05, 4.69) is 14.9 Å². The van der Waals surface area contributed by atoms with Gasteiger partial charge < -0.3 is 4.98 Å². The maximum atomic E-state index is 12.1. The molecule has 0 radical (unpaired) electrons. The lowest BCUT2D eigenvalue weighted by molar-refractivity contribution is 0.584. The molecule has 0 aliphatic carbocycles. The number of hydrogen-bond acceptors (Lipinski definition) is 3. The molecular weight excluding hydrogens is 322 g/mol. The van der Waals surface area contributed by atoms with Crippen molar-refractivity contribution < 1.29 is 8.42 Å². The summed E-state index contributed by atoms with van der Waals surface area (Å²) in [5.41, 5.74) is 1.76. The highest BCUT2D eigenvalue weighted by molar-refractivity contribution is 7.89.